The lowest BCUT2D eigenvalue weighted by Gasteiger charge is -2.06. The summed E-state index contributed by atoms with van der Waals surface area (Å²) in [4.78, 5) is 21.8. The first kappa shape index (κ1) is 16.3. The van der Waals surface area contributed by atoms with E-state index in [1.54, 1.807) is 29.9 Å². The molecule has 0 radical (unpaired) electrons. The number of aryl methyl sites for hydroxylation is 2. The van der Waals surface area contributed by atoms with Crippen molar-refractivity contribution in [2.75, 3.05) is 0 Å². The van der Waals surface area contributed by atoms with Crippen molar-refractivity contribution in [3.05, 3.63) is 70.3 Å². The number of pyridine rings is 2. The van der Waals surface area contributed by atoms with Crippen LogP contribution < -0.4 is 5.32 Å². The highest BCUT2D eigenvalue weighted by molar-refractivity contribution is 7.10. The van der Waals surface area contributed by atoms with Crippen LogP contribution in [0.2, 0.25) is 0 Å². The van der Waals surface area contributed by atoms with E-state index in [9.17, 15) is 4.79 Å². The minimum Gasteiger partial charge on any atom is -0.352 e. The minimum absolute atomic E-state index is 0.0686. The summed E-state index contributed by atoms with van der Waals surface area (Å²) in [7, 11) is 0. The molecule has 0 aliphatic carbocycles. The molecule has 0 aliphatic rings. The average molecular weight is 337 g/mol. The summed E-state index contributed by atoms with van der Waals surface area (Å²) in [6.07, 6.45) is 6.64. The summed E-state index contributed by atoms with van der Waals surface area (Å²) in [5.74, 6) is 0.0686. The zero-order chi connectivity index (χ0) is 16.8. The first-order chi connectivity index (χ1) is 11.7. The van der Waals surface area contributed by atoms with Gasteiger partial charge in [-0.2, -0.15) is 0 Å². The van der Waals surface area contributed by atoms with Crippen molar-refractivity contribution in [2.45, 2.75) is 26.3 Å². The van der Waals surface area contributed by atoms with E-state index in [2.05, 4.69) is 33.7 Å². The Morgan fingerprint density at radius 2 is 2.12 bits per heavy atom. The quantitative estimate of drug-likeness (QED) is 0.745. The van der Waals surface area contributed by atoms with Crippen LogP contribution in [0.4, 0.5) is 0 Å². The first-order valence-corrected chi connectivity index (χ1v) is 8.75. The first-order valence-electron chi connectivity index (χ1n) is 7.87. The molecule has 3 rings (SSSR count). The summed E-state index contributed by atoms with van der Waals surface area (Å²) in [5.41, 5.74) is 4.12. The Kier molecular flexibility index (Phi) is 5.33. The number of thiophene rings is 1. The fraction of sp³-hybridized carbons (Fsp3) is 0.211. The van der Waals surface area contributed by atoms with E-state index in [4.69, 9.17) is 0 Å². The molecule has 0 spiro atoms. The number of hydrogen-bond acceptors (Lipinski definition) is 4. The van der Waals surface area contributed by atoms with Crippen molar-refractivity contribution < 1.29 is 4.79 Å². The largest absolute Gasteiger partial charge is 0.352 e. The molecule has 3 heterocycles. The number of aromatic nitrogens is 2. The van der Waals surface area contributed by atoms with Crippen LogP contribution in [0.25, 0.3) is 11.3 Å². The molecule has 0 atom stereocenters. The molecule has 0 saturated heterocycles. The van der Waals surface area contributed by atoms with E-state index in [0.717, 1.165) is 23.2 Å². The van der Waals surface area contributed by atoms with Gasteiger partial charge in [0, 0.05) is 42.0 Å². The lowest BCUT2D eigenvalue weighted by molar-refractivity contribution is -0.121. The molecule has 5 heteroatoms. The molecule has 1 amide bonds. The number of rotatable bonds is 6. The second-order valence-corrected chi connectivity index (χ2v) is 6.60. The highest BCUT2D eigenvalue weighted by atomic mass is 32.1. The van der Waals surface area contributed by atoms with Gasteiger partial charge in [-0.15, -0.1) is 11.3 Å². The van der Waals surface area contributed by atoms with Crippen LogP contribution in [0.1, 0.15) is 22.4 Å². The third-order valence-electron chi connectivity index (χ3n) is 3.82. The molecule has 3 aromatic heterocycles. The van der Waals surface area contributed by atoms with Gasteiger partial charge >= 0.3 is 0 Å². The Labute approximate surface area is 145 Å². The minimum atomic E-state index is 0.0686. The zero-order valence-electron chi connectivity index (χ0n) is 13.5. The highest BCUT2D eigenvalue weighted by Crippen LogP contribution is 2.17. The molecular formula is C19H19N3OS. The number of nitrogens with one attached hydrogen (secondary N) is 1. The molecule has 4 nitrogen and oxygen atoms in total. The molecule has 0 fully saturated rings. The van der Waals surface area contributed by atoms with Crippen molar-refractivity contribution in [1.29, 1.82) is 0 Å². The summed E-state index contributed by atoms with van der Waals surface area (Å²) in [5, 5.41) is 5.02. The van der Waals surface area contributed by atoms with E-state index in [1.807, 2.05) is 24.3 Å². The molecule has 122 valence electrons. The van der Waals surface area contributed by atoms with Crippen molar-refractivity contribution in [1.82, 2.24) is 15.3 Å². The van der Waals surface area contributed by atoms with Crippen molar-refractivity contribution in [2.24, 2.45) is 0 Å². The normalized spacial score (nSPS) is 10.5. The van der Waals surface area contributed by atoms with E-state index in [1.165, 1.54) is 10.4 Å². The van der Waals surface area contributed by atoms with Gasteiger partial charge in [0.15, 0.2) is 0 Å². The number of hydrogen-bond donors (Lipinski definition) is 1. The van der Waals surface area contributed by atoms with Crippen LogP contribution >= 0.6 is 11.3 Å². The van der Waals surface area contributed by atoms with Crippen LogP contribution in [0.5, 0.6) is 0 Å². The summed E-state index contributed by atoms with van der Waals surface area (Å²) < 4.78 is 0. The fourth-order valence-corrected chi connectivity index (χ4v) is 3.30. The van der Waals surface area contributed by atoms with Gasteiger partial charge in [-0.1, -0.05) is 6.07 Å². The van der Waals surface area contributed by atoms with Gasteiger partial charge in [-0.25, -0.2) is 0 Å². The Hall–Kier alpha value is -2.53. The topological polar surface area (TPSA) is 54.9 Å². The lowest BCUT2D eigenvalue weighted by Crippen LogP contribution is -2.23. The third kappa shape index (κ3) is 4.26. The maximum Gasteiger partial charge on any atom is 0.220 e. The number of carbonyl (C=O) groups is 1. The van der Waals surface area contributed by atoms with Crippen LogP contribution in [-0.2, 0) is 17.8 Å². The third-order valence-corrected chi connectivity index (χ3v) is 4.90. The van der Waals surface area contributed by atoms with E-state index in [-0.39, 0.29) is 5.91 Å². The van der Waals surface area contributed by atoms with E-state index >= 15 is 0 Å². The molecule has 1 N–H and O–H groups in total. The van der Waals surface area contributed by atoms with Crippen molar-refractivity contribution in [3.8, 4) is 11.3 Å². The monoisotopic (exact) mass is 337 g/mol. The molecule has 0 aromatic carbocycles. The number of amides is 1. The average Bonchev–Trinajstić information content (AvgIpc) is 3.04. The Bertz CT molecular complexity index is 797. The Morgan fingerprint density at radius 1 is 1.21 bits per heavy atom. The van der Waals surface area contributed by atoms with E-state index in [0.29, 0.717) is 13.0 Å². The van der Waals surface area contributed by atoms with Crippen LogP contribution in [0, 0.1) is 6.92 Å². The molecular weight excluding hydrogens is 318 g/mol. The predicted octanol–water partition coefficient (Wildman–Crippen LogP) is 3.76. The van der Waals surface area contributed by atoms with Gasteiger partial charge in [0.25, 0.3) is 0 Å². The summed E-state index contributed by atoms with van der Waals surface area (Å²) >= 11 is 1.71. The van der Waals surface area contributed by atoms with Gasteiger partial charge in [-0.3, -0.25) is 14.8 Å². The number of nitrogens with zero attached hydrogens (tertiary/aromatic N) is 2. The molecule has 0 aliphatic heterocycles. The van der Waals surface area contributed by atoms with Crippen LogP contribution in [-0.4, -0.2) is 15.9 Å². The molecule has 0 bridgehead atoms. The van der Waals surface area contributed by atoms with Gasteiger partial charge in [0.1, 0.15) is 0 Å². The highest BCUT2D eigenvalue weighted by Gasteiger charge is 2.06. The van der Waals surface area contributed by atoms with Crippen molar-refractivity contribution in [3.63, 3.8) is 0 Å². The molecule has 0 saturated carbocycles. The standard InChI is InChI=1S/C19H19N3OS/c1-14-8-10-24-18(14)6-7-19(23)22-12-15-4-5-17(21-11-15)16-3-2-9-20-13-16/h2-5,8-11,13H,6-7,12H2,1H3,(H,22,23). The van der Waals surface area contributed by atoms with Gasteiger partial charge in [-0.05, 0) is 54.1 Å². The van der Waals surface area contributed by atoms with Crippen LogP contribution in [0.15, 0.2) is 54.3 Å². The summed E-state index contributed by atoms with van der Waals surface area (Å²) in [6.45, 7) is 2.59. The van der Waals surface area contributed by atoms with Gasteiger partial charge in [0.2, 0.25) is 5.91 Å². The second-order valence-electron chi connectivity index (χ2n) is 5.60. The Morgan fingerprint density at radius 3 is 2.79 bits per heavy atom. The molecule has 24 heavy (non-hydrogen) atoms. The maximum absolute atomic E-state index is 12.0. The maximum atomic E-state index is 12.0. The predicted molar refractivity (Wildman–Crippen MR) is 96.7 cm³/mol. The zero-order valence-corrected chi connectivity index (χ0v) is 14.3. The van der Waals surface area contributed by atoms with E-state index < -0.39 is 0 Å². The van der Waals surface area contributed by atoms with Gasteiger partial charge in [0.05, 0.1) is 5.69 Å². The van der Waals surface area contributed by atoms with Gasteiger partial charge < -0.3 is 5.32 Å². The van der Waals surface area contributed by atoms with Crippen molar-refractivity contribution >= 4 is 17.2 Å². The molecule has 0 unspecified atom stereocenters. The lowest BCUT2D eigenvalue weighted by atomic mass is 10.1. The number of carbonyl (C=O) groups excluding carboxylic acids is 1. The molecule has 3 aromatic rings. The smallest absolute Gasteiger partial charge is 0.220 e. The second kappa shape index (κ2) is 7.84. The fourth-order valence-electron chi connectivity index (χ4n) is 2.39. The Balaban J connectivity index is 1.49. The SMILES string of the molecule is Cc1ccsc1CCC(=O)NCc1ccc(-c2cccnc2)nc1. The summed E-state index contributed by atoms with van der Waals surface area (Å²) in [6, 6.07) is 9.89. The van der Waals surface area contributed by atoms with Crippen LogP contribution in [0.3, 0.4) is 0 Å².